The van der Waals surface area contributed by atoms with Crippen LogP contribution in [-0.4, -0.2) is 26.5 Å². The van der Waals surface area contributed by atoms with E-state index in [9.17, 15) is 9.90 Å². The van der Waals surface area contributed by atoms with Crippen molar-refractivity contribution in [3.63, 3.8) is 0 Å². The molecule has 0 amide bonds. The summed E-state index contributed by atoms with van der Waals surface area (Å²) in [6.07, 6.45) is 0.760. The number of hydrogen-bond acceptors (Lipinski definition) is 4. The van der Waals surface area contributed by atoms with Crippen molar-refractivity contribution in [2.75, 3.05) is 6.54 Å². The monoisotopic (exact) mass is 347 g/mol. The lowest BCUT2D eigenvalue weighted by Gasteiger charge is -2.28. The summed E-state index contributed by atoms with van der Waals surface area (Å²) < 4.78 is 0. The van der Waals surface area contributed by atoms with Gasteiger partial charge in [0.15, 0.2) is 0 Å². The van der Waals surface area contributed by atoms with Crippen LogP contribution in [0.1, 0.15) is 22.4 Å². The standard InChI is InChI=1S/C21H21N3O2/c1-14-11-15(7-8-19(14)25)12-24-10-9-18-17(13-24)21(26)23-20(22-18)16-5-3-2-4-6-16/h2-8,11,25H,9-10,12-13H2,1H3,(H,22,23,26). The van der Waals surface area contributed by atoms with Crippen molar-refractivity contribution < 1.29 is 5.11 Å². The highest BCUT2D eigenvalue weighted by atomic mass is 16.3. The molecule has 0 unspecified atom stereocenters. The van der Waals surface area contributed by atoms with Crippen molar-refractivity contribution in [3.8, 4) is 17.1 Å². The molecule has 2 aromatic carbocycles. The molecule has 0 aliphatic carbocycles. The van der Waals surface area contributed by atoms with Gasteiger partial charge in [0.1, 0.15) is 11.6 Å². The van der Waals surface area contributed by atoms with Gasteiger partial charge in [0.25, 0.3) is 5.56 Å². The second kappa shape index (κ2) is 6.77. The molecule has 0 radical (unpaired) electrons. The fourth-order valence-electron chi connectivity index (χ4n) is 3.42. The Kier molecular flexibility index (Phi) is 4.31. The fraction of sp³-hybridized carbons (Fsp3) is 0.238. The van der Waals surface area contributed by atoms with E-state index < -0.39 is 0 Å². The Labute approximate surface area is 152 Å². The number of H-pyrrole nitrogens is 1. The minimum absolute atomic E-state index is 0.0551. The normalized spacial score (nSPS) is 14.2. The van der Waals surface area contributed by atoms with E-state index in [0.29, 0.717) is 18.1 Å². The minimum atomic E-state index is -0.0551. The predicted octanol–water partition coefficient (Wildman–Crippen LogP) is 3.01. The van der Waals surface area contributed by atoms with Gasteiger partial charge in [-0.3, -0.25) is 9.69 Å². The molecule has 4 rings (SSSR count). The molecule has 26 heavy (non-hydrogen) atoms. The largest absolute Gasteiger partial charge is 0.508 e. The second-order valence-electron chi connectivity index (χ2n) is 6.79. The Morgan fingerprint density at radius 1 is 1.19 bits per heavy atom. The number of aromatic nitrogens is 2. The van der Waals surface area contributed by atoms with E-state index in [1.54, 1.807) is 6.07 Å². The lowest BCUT2D eigenvalue weighted by molar-refractivity contribution is 0.241. The highest BCUT2D eigenvalue weighted by Gasteiger charge is 2.21. The van der Waals surface area contributed by atoms with Crippen molar-refractivity contribution >= 4 is 0 Å². The van der Waals surface area contributed by atoms with E-state index >= 15 is 0 Å². The van der Waals surface area contributed by atoms with Gasteiger partial charge in [-0.15, -0.1) is 0 Å². The van der Waals surface area contributed by atoms with E-state index in [4.69, 9.17) is 4.98 Å². The first-order chi connectivity index (χ1) is 12.6. The molecule has 1 aliphatic rings. The van der Waals surface area contributed by atoms with Crippen LogP contribution in [0, 0.1) is 6.92 Å². The van der Waals surface area contributed by atoms with E-state index in [2.05, 4.69) is 9.88 Å². The van der Waals surface area contributed by atoms with Crippen LogP contribution in [0.25, 0.3) is 11.4 Å². The van der Waals surface area contributed by atoms with Crippen LogP contribution in [0.15, 0.2) is 53.3 Å². The number of nitrogens with one attached hydrogen (secondary N) is 1. The van der Waals surface area contributed by atoms with Crippen molar-refractivity contribution in [2.45, 2.75) is 26.4 Å². The Morgan fingerprint density at radius 3 is 2.77 bits per heavy atom. The first-order valence-electron chi connectivity index (χ1n) is 8.78. The molecule has 3 aromatic rings. The summed E-state index contributed by atoms with van der Waals surface area (Å²) in [5.41, 5.74) is 4.52. The molecule has 5 nitrogen and oxygen atoms in total. The van der Waals surface area contributed by atoms with Gasteiger partial charge >= 0.3 is 0 Å². The van der Waals surface area contributed by atoms with Gasteiger partial charge in [0.05, 0.1) is 11.3 Å². The molecule has 5 heteroatoms. The number of fused-ring (bicyclic) bond motifs is 1. The van der Waals surface area contributed by atoms with E-state index in [1.807, 2.05) is 49.4 Å². The van der Waals surface area contributed by atoms with Gasteiger partial charge in [0.2, 0.25) is 0 Å². The lowest BCUT2D eigenvalue weighted by atomic mass is 10.0. The van der Waals surface area contributed by atoms with Gasteiger partial charge in [0, 0.05) is 31.6 Å². The summed E-state index contributed by atoms with van der Waals surface area (Å²) in [5, 5.41) is 9.67. The number of aryl methyl sites for hydroxylation is 1. The molecular formula is C21H21N3O2. The molecule has 0 atom stereocenters. The van der Waals surface area contributed by atoms with Gasteiger partial charge in [-0.05, 0) is 24.1 Å². The van der Waals surface area contributed by atoms with Crippen LogP contribution in [0.4, 0.5) is 0 Å². The Bertz CT molecular complexity index is 996. The van der Waals surface area contributed by atoms with Gasteiger partial charge in [-0.25, -0.2) is 4.98 Å². The summed E-state index contributed by atoms with van der Waals surface area (Å²) in [6, 6.07) is 15.4. The average Bonchev–Trinajstić information content (AvgIpc) is 2.66. The molecule has 1 aliphatic heterocycles. The third-order valence-corrected chi connectivity index (χ3v) is 4.86. The van der Waals surface area contributed by atoms with Crippen molar-refractivity contribution in [2.24, 2.45) is 0 Å². The quantitative estimate of drug-likeness (QED) is 0.764. The first-order valence-corrected chi connectivity index (χ1v) is 8.78. The zero-order valence-electron chi connectivity index (χ0n) is 14.7. The molecular weight excluding hydrogens is 326 g/mol. The number of phenols is 1. The number of rotatable bonds is 3. The zero-order valence-corrected chi connectivity index (χ0v) is 14.7. The van der Waals surface area contributed by atoms with Crippen LogP contribution in [0.3, 0.4) is 0 Å². The molecule has 1 aromatic heterocycles. The molecule has 2 heterocycles. The number of nitrogens with zero attached hydrogens (tertiary/aromatic N) is 2. The van der Waals surface area contributed by atoms with Crippen molar-refractivity contribution in [1.82, 2.24) is 14.9 Å². The van der Waals surface area contributed by atoms with Crippen LogP contribution in [0.2, 0.25) is 0 Å². The van der Waals surface area contributed by atoms with Crippen LogP contribution < -0.4 is 5.56 Å². The third-order valence-electron chi connectivity index (χ3n) is 4.86. The van der Waals surface area contributed by atoms with Crippen LogP contribution in [0.5, 0.6) is 5.75 Å². The number of aromatic hydroxyl groups is 1. The highest BCUT2D eigenvalue weighted by Crippen LogP contribution is 2.22. The van der Waals surface area contributed by atoms with Gasteiger partial charge in [-0.1, -0.05) is 42.5 Å². The molecule has 0 spiro atoms. The Hall–Kier alpha value is -2.92. The maximum absolute atomic E-state index is 12.6. The van der Waals surface area contributed by atoms with E-state index in [-0.39, 0.29) is 5.56 Å². The molecule has 132 valence electrons. The minimum Gasteiger partial charge on any atom is -0.508 e. The summed E-state index contributed by atoms with van der Waals surface area (Å²) in [6.45, 7) is 4.09. The fourth-order valence-corrected chi connectivity index (χ4v) is 3.42. The molecule has 2 N–H and O–H groups in total. The number of phenolic OH excluding ortho intramolecular Hbond substituents is 1. The van der Waals surface area contributed by atoms with Crippen molar-refractivity contribution in [3.05, 3.63) is 81.3 Å². The smallest absolute Gasteiger partial charge is 0.255 e. The Morgan fingerprint density at radius 2 is 2.00 bits per heavy atom. The van der Waals surface area contributed by atoms with E-state index in [0.717, 1.165) is 47.5 Å². The summed E-state index contributed by atoms with van der Waals surface area (Å²) in [5.74, 6) is 0.948. The third kappa shape index (κ3) is 3.26. The average molecular weight is 347 g/mol. The molecule has 0 fully saturated rings. The summed E-state index contributed by atoms with van der Waals surface area (Å²) in [7, 11) is 0. The molecule has 0 bridgehead atoms. The maximum atomic E-state index is 12.6. The number of aromatic amines is 1. The molecule has 0 saturated heterocycles. The maximum Gasteiger partial charge on any atom is 0.255 e. The van der Waals surface area contributed by atoms with E-state index in [1.165, 1.54) is 0 Å². The predicted molar refractivity (Wildman–Crippen MR) is 101 cm³/mol. The summed E-state index contributed by atoms with van der Waals surface area (Å²) in [4.78, 5) is 22.5. The second-order valence-corrected chi connectivity index (χ2v) is 6.79. The number of benzene rings is 2. The van der Waals surface area contributed by atoms with Crippen molar-refractivity contribution in [1.29, 1.82) is 0 Å². The number of hydrogen-bond donors (Lipinski definition) is 2. The summed E-state index contributed by atoms with van der Waals surface area (Å²) >= 11 is 0. The van der Waals surface area contributed by atoms with Gasteiger partial charge < -0.3 is 10.1 Å². The van der Waals surface area contributed by atoms with Gasteiger partial charge in [-0.2, -0.15) is 0 Å². The van der Waals surface area contributed by atoms with Crippen LogP contribution in [-0.2, 0) is 19.5 Å². The first kappa shape index (κ1) is 16.5. The molecule has 0 saturated carbocycles. The SMILES string of the molecule is Cc1cc(CN2CCc3nc(-c4ccccc4)[nH]c(=O)c3C2)ccc1O. The topological polar surface area (TPSA) is 69.2 Å². The highest BCUT2D eigenvalue weighted by molar-refractivity contribution is 5.54. The zero-order chi connectivity index (χ0) is 18.1. The van der Waals surface area contributed by atoms with Crippen LogP contribution >= 0.6 is 0 Å². The Balaban J connectivity index is 1.57. The lowest BCUT2D eigenvalue weighted by Crippen LogP contribution is -2.35.